The molecule has 2 amide bonds. The van der Waals surface area contributed by atoms with Gasteiger partial charge in [0.25, 0.3) is 0 Å². The summed E-state index contributed by atoms with van der Waals surface area (Å²) in [6.45, 7) is 3.30. The minimum atomic E-state index is -0.0884. The van der Waals surface area contributed by atoms with E-state index in [-0.39, 0.29) is 6.03 Å². The number of nitrogens with one attached hydrogen (secondary N) is 1. The van der Waals surface area contributed by atoms with Crippen molar-refractivity contribution in [3.63, 3.8) is 0 Å². The molecule has 0 unspecified atom stereocenters. The lowest BCUT2D eigenvalue weighted by Crippen LogP contribution is -2.36. The van der Waals surface area contributed by atoms with Crippen LogP contribution in [-0.4, -0.2) is 47.0 Å². The van der Waals surface area contributed by atoms with Crippen LogP contribution in [0.3, 0.4) is 0 Å². The topological polar surface area (TPSA) is 50.2 Å². The third kappa shape index (κ3) is 3.47. The van der Waals surface area contributed by atoms with Crippen molar-refractivity contribution in [3.05, 3.63) is 29.6 Å². The molecule has 0 atom stereocenters. The summed E-state index contributed by atoms with van der Waals surface area (Å²) in [6.07, 6.45) is 0.720. The van der Waals surface area contributed by atoms with Crippen molar-refractivity contribution >= 4 is 28.7 Å². The summed E-state index contributed by atoms with van der Waals surface area (Å²) in [5, 5.41) is 2.87. The highest BCUT2D eigenvalue weighted by Gasteiger charge is 2.12. The van der Waals surface area contributed by atoms with E-state index in [4.69, 9.17) is 16.6 Å². The summed E-state index contributed by atoms with van der Waals surface area (Å²) in [5.74, 6) is 1.50. The molecule has 0 saturated heterocycles. The second-order valence-corrected chi connectivity index (χ2v) is 5.57. The maximum absolute atomic E-state index is 11.6. The highest BCUT2D eigenvalue weighted by Crippen LogP contribution is 2.20. The van der Waals surface area contributed by atoms with Crippen LogP contribution < -0.4 is 5.32 Å². The van der Waals surface area contributed by atoms with Crippen molar-refractivity contribution in [1.29, 1.82) is 0 Å². The Morgan fingerprint density at radius 3 is 2.86 bits per heavy atom. The summed E-state index contributed by atoms with van der Waals surface area (Å²) in [6, 6.07) is 6.05. The zero-order valence-corrected chi connectivity index (χ0v) is 13.4. The van der Waals surface area contributed by atoms with Gasteiger partial charge in [-0.3, -0.25) is 0 Å². The SMILES string of the molecule is Cc1cccc2c1nc(CCCl)n2CCNC(=O)N(C)C. The van der Waals surface area contributed by atoms with Gasteiger partial charge < -0.3 is 14.8 Å². The predicted molar refractivity (Wildman–Crippen MR) is 86.0 cm³/mol. The Labute approximate surface area is 129 Å². The van der Waals surface area contributed by atoms with E-state index >= 15 is 0 Å². The molecule has 0 aliphatic heterocycles. The van der Waals surface area contributed by atoms with E-state index in [0.717, 1.165) is 28.8 Å². The quantitative estimate of drug-likeness (QED) is 0.862. The summed E-state index contributed by atoms with van der Waals surface area (Å²) < 4.78 is 2.14. The van der Waals surface area contributed by atoms with Crippen molar-refractivity contribution in [2.75, 3.05) is 26.5 Å². The van der Waals surface area contributed by atoms with Gasteiger partial charge in [-0.1, -0.05) is 12.1 Å². The molecule has 1 heterocycles. The van der Waals surface area contributed by atoms with Crippen molar-refractivity contribution in [1.82, 2.24) is 19.8 Å². The predicted octanol–water partition coefficient (Wildman–Crippen LogP) is 2.40. The van der Waals surface area contributed by atoms with Gasteiger partial charge in [0.2, 0.25) is 0 Å². The van der Waals surface area contributed by atoms with E-state index in [9.17, 15) is 4.79 Å². The largest absolute Gasteiger partial charge is 0.336 e. The molecular formula is C15H21ClN4O. The number of alkyl halides is 1. The van der Waals surface area contributed by atoms with E-state index < -0.39 is 0 Å². The third-order valence-corrected chi connectivity index (χ3v) is 3.58. The van der Waals surface area contributed by atoms with Crippen LogP contribution in [0.15, 0.2) is 18.2 Å². The summed E-state index contributed by atoms with van der Waals surface area (Å²) in [5.41, 5.74) is 3.25. The monoisotopic (exact) mass is 308 g/mol. The minimum Gasteiger partial charge on any atom is -0.336 e. The van der Waals surface area contributed by atoms with E-state index in [1.165, 1.54) is 4.90 Å². The summed E-state index contributed by atoms with van der Waals surface area (Å²) in [4.78, 5) is 17.8. The maximum atomic E-state index is 11.6. The van der Waals surface area contributed by atoms with Crippen LogP contribution in [0.25, 0.3) is 11.0 Å². The Balaban J connectivity index is 2.22. The number of nitrogens with zero attached hydrogens (tertiary/aromatic N) is 3. The van der Waals surface area contributed by atoms with Crippen LogP contribution in [0, 0.1) is 6.92 Å². The van der Waals surface area contributed by atoms with Gasteiger partial charge in [-0.2, -0.15) is 0 Å². The van der Waals surface area contributed by atoms with Gasteiger partial charge in [-0.05, 0) is 18.6 Å². The molecule has 5 nitrogen and oxygen atoms in total. The number of imidazole rings is 1. The molecule has 21 heavy (non-hydrogen) atoms. The van der Waals surface area contributed by atoms with Crippen LogP contribution in [0.5, 0.6) is 0 Å². The number of carbonyl (C=O) groups excluding carboxylic acids is 1. The molecule has 114 valence electrons. The van der Waals surface area contributed by atoms with Crippen molar-refractivity contribution < 1.29 is 4.79 Å². The molecule has 2 aromatic rings. The van der Waals surface area contributed by atoms with Crippen LogP contribution in [-0.2, 0) is 13.0 Å². The smallest absolute Gasteiger partial charge is 0.316 e. The Kier molecular flexibility index (Phi) is 5.07. The number of carbonyl (C=O) groups is 1. The number of fused-ring (bicyclic) bond motifs is 1. The molecule has 2 rings (SSSR count). The molecule has 1 aromatic carbocycles. The second kappa shape index (κ2) is 6.80. The first kappa shape index (κ1) is 15.6. The van der Waals surface area contributed by atoms with Crippen LogP contribution in [0.2, 0.25) is 0 Å². The van der Waals surface area contributed by atoms with Crippen LogP contribution >= 0.6 is 11.6 Å². The zero-order valence-electron chi connectivity index (χ0n) is 12.7. The average Bonchev–Trinajstić information content (AvgIpc) is 2.79. The number of aryl methyl sites for hydroxylation is 2. The Morgan fingerprint density at radius 1 is 1.43 bits per heavy atom. The minimum absolute atomic E-state index is 0.0884. The number of urea groups is 1. The molecule has 0 saturated carbocycles. The van der Waals surface area contributed by atoms with Gasteiger partial charge in [0.05, 0.1) is 11.0 Å². The molecule has 0 spiro atoms. The van der Waals surface area contributed by atoms with E-state index in [1.807, 2.05) is 6.07 Å². The van der Waals surface area contributed by atoms with Crippen molar-refractivity contribution in [2.24, 2.45) is 0 Å². The van der Waals surface area contributed by atoms with Crippen molar-refractivity contribution in [3.8, 4) is 0 Å². The molecule has 0 aliphatic rings. The highest BCUT2D eigenvalue weighted by atomic mass is 35.5. The number of amides is 2. The Bertz CT molecular complexity index is 636. The standard InChI is InChI=1S/C15H21ClN4O/c1-11-5-4-6-12-14(11)18-13(7-8-16)20(12)10-9-17-15(21)19(2)3/h4-6H,7-10H2,1-3H3,(H,17,21). The number of halogens is 1. The van der Waals surface area contributed by atoms with Crippen molar-refractivity contribution in [2.45, 2.75) is 19.9 Å². The van der Waals surface area contributed by atoms with E-state index in [1.54, 1.807) is 14.1 Å². The number of benzene rings is 1. The first-order valence-corrected chi connectivity index (χ1v) is 7.54. The molecular weight excluding hydrogens is 288 g/mol. The molecule has 0 aliphatic carbocycles. The van der Waals surface area contributed by atoms with Gasteiger partial charge in [0.15, 0.2) is 0 Å². The molecule has 1 aromatic heterocycles. The highest BCUT2D eigenvalue weighted by molar-refractivity contribution is 6.17. The molecule has 1 N–H and O–H groups in total. The van der Waals surface area contributed by atoms with Crippen LogP contribution in [0.4, 0.5) is 4.79 Å². The molecule has 0 bridgehead atoms. The second-order valence-electron chi connectivity index (χ2n) is 5.19. The Hall–Kier alpha value is -1.75. The van der Waals surface area contributed by atoms with Crippen LogP contribution in [0.1, 0.15) is 11.4 Å². The fourth-order valence-corrected chi connectivity index (χ4v) is 2.46. The zero-order chi connectivity index (χ0) is 15.4. The fraction of sp³-hybridized carbons (Fsp3) is 0.467. The lowest BCUT2D eigenvalue weighted by Gasteiger charge is -2.13. The van der Waals surface area contributed by atoms with Gasteiger partial charge >= 0.3 is 6.03 Å². The lowest BCUT2D eigenvalue weighted by atomic mass is 10.2. The van der Waals surface area contributed by atoms with Gasteiger partial charge in [0.1, 0.15) is 5.82 Å². The average molecular weight is 309 g/mol. The summed E-state index contributed by atoms with van der Waals surface area (Å²) in [7, 11) is 3.45. The van der Waals surface area contributed by atoms with E-state index in [2.05, 4.69) is 28.9 Å². The number of rotatable bonds is 5. The number of hydrogen-bond donors (Lipinski definition) is 1. The summed E-state index contributed by atoms with van der Waals surface area (Å²) >= 11 is 5.87. The fourth-order valence-electron chi connectivity index (χ4n) is 2.29. The molecule has 0 radical (unpaired) electrons. The Morgan fingerprint density at radius 2 is 2.19 bits per heavy atom. The normalized spacial score (nSPS) is 10.9. The third-order valence-electron chi connectivity index (χ3n) is 3.40. The molecule has 6 heteroatoms. The first-order chi connectivity index (χ1) is 10.0. The first-order valence-electron chi connectivity index (χ1n) is 7.00. The van der Waals surface area contributed by atoms with E-state index in [0.29, 0.717) is 19.0 Å². The van der Waals surface area contributed by atoms with Gasteiger partial charge in [0, 0.05) is 39.5 Å². The van der Waals surface area contributed by atoms with Gasteiger partial charge in [-0.25, -0.2) is 9.78 Å². The lowest BCUT2D eigenvalue weighted by molar-refractivity contribution is 0.217. The number of para-hydroxylation sites is 1. The maximum Gasteiger partial charge on any atom is 0.316 e. The number of aromatic nitrogens is 2. The molecule has 0 fully saturated rings. The number of hydrogen-bond acceptors (Lipinski definition) is 2. The van der Waals surface area contributed by atoms with Gasteiger partial charge in [-0.15, -0.1) is 11.6 Å².